The molecule has 0 unspecified atom stereocenters. The largest absolute Gasteiger partial charge is 0.377 e. The van der Waals surface area contributed by atoms with Crippen molar-refractivity contribution in [2.75, 3.05) is 50.1 Å². The van der Waals surface area contributed by atoms with E-state index in [1.807, 2.05) is 73.6 Å². The van der Waals surface area contributed by atoms with E-state index in [-0.39, 0.29) is 5.78 Å². The summed E-state index contributed by atoms with van der Waals surface area (Å²) in [5, 5.41) is 3.35. The lowest BCUT2D eigenvalue weighted by Gasteiger charge is -2.29. The lowest BCUT2D eigenvalue weighted by atomic mass is 10.1. The highest BCUT2D eigenvalue weighted by molar-refractivity contribution is 6.07. The van der Waals surface area contributed by atoms with Crippen LogP contribution in [-0.2, 0) is 0 Å². The van der Waals surface area contributed by atoms with Crippen molar-refractivity contribution in [3.8, 4) is 0 Å². The van der Waals surface area contributed by atoms with Crippen molar-refractivity contribution < 1.29 is 4.79 Å². The summed E-state index contributed by atoms with van der Waals surface area (Å²) in [6.07, 6.45) is 3.55. The third-order valence-corrected chi connectivity index (χ3v) is 4.47. The number of benzene rings is 2. The second-order valence-corrected chi connectivity index (χ2v) is 6.43. The summed E-state index contributed by atoms with van der Waals surface area (Å²) in [6, 6.07) is 16.0. The number of anilines is 2. The number of hydrogen-bond donors (Lipinski definition) is 1. The zero-order valence-electron chi connectivity index (χ0n) is 14.9. The van der Waals surface area contributed by atoms with Crippen molar-refractivity contribution in [3.05, 3.63) is 65.7 Å². The first-order valence-corrected chi connectivity index (χ1v) is 8.69. The topological polar surface area (TPSA) is 35.6 Å². The van der Waals surface area contributed by atoms with Gasteiger partial charge in [-0.05, 0) is 48.0 Å². The number of ketones is 1. The molecule has 4 heteroatoms. The zero-order chi connectivity index (χ0) is 17.6. The highest BCUT2D eigenvalue weighted by atomic mass is 16.1. The van der Waals surface area contributed by atoms with E-state index in [0.29, 0.717) is 0 Å². The van der Waals surface area contributed by atoms with Gasteiger partial charge in [0.05, 0.1) is 0 Å². The first-order valence-electron chi connectivity index (χ1n) is 8.69. The number of para-hydroxylation sites is 1. The van der Waals surface area contributed by atoms with Crippen LogP contribution in [0, 0.1) is 0 Å². The number of allylic oxidation sites excluding steroid dienone is 1. The molecule has 1 fully saturated rings. The summed E-state index contributed by atoms with van der Waals surface area (Å²) in [7, 11) is 4.01. The van der Waals surface area contributed by atoms with Crippen molar-refractivity contribution in [1.29, 1.82) is 0 Å². The van der Waals surface area contributed by atoms with Gasteiger partial charge in [-0.1, -0.05) is 18.2 Å². The minimum Gasteiger partial charge on any atom is -0.377 e. The monoisotopic (exact) mass is 335 g/mol. The Morgan fingerprint density at radius 2 is 1.72 bits per heavy atom. The first-order chi connectivity index (χ1) is 12.1. The molecule has 1 heterocycles. The van der Waals surface area contributed by atoms with E-state index in [1.54, 1.807) is 6.08 Å². The molecule has 0 aliphatic carbocycles. The second kappa shape index (κ2) is 7.99. The molecule has 1 saturated heterocycles. The Morgan fingerprint density at radius 3 is 2.40 bits per heavy atom. The number of nitrogens with one attached hydrogen (secondary N) is 1. The average Bonchev–Trinajstić information content (AvgIpc) is 2.67. The number of rotatable bonds is 5. The quantitative estimate of drug-likeness (QED) is 0.673. The molecule has 0 amide bonds. The Hall–Kier alpha value is -2.59. The molecular weight excluding hydrogens is 310 g/mol. The standard InChI is InChI=1S/C21H25N3O/c1-23(2)20-6-4-3-5-17(20)9-12-21(25)18-7-10-19(11-8-18)24-15-13-22-14-16-24/h3-12,22H,13-16H2,1-2H3/b12-9+. The van der Waals surface area contributed by atoms with Gasteiger partial charge in [-0.15, -0.1) is 0 Å². The van der Waals surface area contributed by atoms with E-state index >= 15 is 0 Å². The van der Waals surface area contributed by atoms with Crippen LogP contribution in [-0.4, -0.2) is 46.1 Å². The molecule has 3 rings (SSSR count). The van der Waals surface area contributed by atoms with Crippen LogP contribution in [0.2, 0.25) is 0 Å². The fourth-order valence-corrected chi connectivity index (χ4v) is 3.06. The van der Waals surface area contributed by atoms with Gasteiger partial charge in [0.1, 0.15) is 0 Å². The molecule has 1 aliphatic rings. The maximum absolute atomic E-state index is 12.5. The molecule has 0 atom stereocenters. The molecule has 0 bridgehead atoms. The summed E-state index contributed by atoms with van der Waals surface area (Å²) >= 11 is 0. The Bertz CT molecular complexity index is 744. The van der Waals surface area contributed by atoms with Gasteiger partial charge in [0.15, 0.2) is 5.78 Å². The van der Waals surface area contributed by atoms with E-state index in [4.69, 9.17) is 0 Å². The van der Waals surface area contributed by atoms with Gasteiger partial charge < -0.3 is 15.1 Å². The lowest BCUT2D eigenvalue weighted by Crippen LogP contribution is -2.43. The Morgan fingerprint density at radius 1 is 1.04 bits per heavy atom. The number of carbonyl (C=O) groups excluding carboxylic acids is 1. The van der Waals surface area contributed by atoms with Gasteiger partial charge in [0.2, 0.25) is 0 Å². The Labute approximate surface area is 149 Å². The molecule has 1 N–H and O–H groups in total. The molecule has 0 saturated carbocycles. The summed E-state index contributed by atoms with van der Waals surface area (Å²) in [5.74, 6) is 0.0282. The molecule has 4 nitrogen and oxygen atoms in total. The van der Waals surface area contributed by atoms with Gasteiger partial charge >= 0.3 is 0 Å². The smallest absolute Gasteiger partial charge is 0.185 e. The van der Waals surface area contributed by atoms with Gasteiger partial charge in [-0.25, -0.2) is 0 Å². The van der Waals surface area contributed by atoms with Crippen molar-refractivity contribution in [3.63, 3.8) is 0 Å². The summed E-state index contributed by atoms with van der Waals surface area (Å²) in [5.41, 5.74) is 4.04. The highest BCUT2D eigenvalue weighted by Crippen LogP contribution is 2.20. The molecular formula is C21H25N3O. The van der Waals surface area contributed by atoms with Crippen LogP contribution >= 0.6 is 0 Å². The van der Waals surface area contributed by atoms with E-state index in [9.17, 15) is 4.79 Å². The minimum absolute atomic E-state index is 0.0282. The number of piperazine rings is 1. The molecule has 2 aromatic rings. The van der Waals surface area contributed by atoms with Gasteiger partial charge in [-0.2, -0.15) is 0 Å². The predicted molar refractivity (Wildman–Crippen MR) is 106 cm³/mol. The molecule has 130 valence electrons. The van der Waals surface area contributed by atoms with Crippen LogP contribution in [0.3, 0.4) is 0 Å². The Kier molecular flexibility index (Phi) is 5.51. The molecule has 0 radical (unpaired) electrons. The minimum atomic E-state index is 0.0282. The molecule has 2 aromatic carbocycles. The first kappa shape index (κ1) is 17.2. The van der Waals surface area contributed by atoms with Crippen molar-refractivity contribution in [2.24, 2.45) is 0 Å². The van der Waals surface area contributed by atoms with Crippen LogP contribution in [0.15, 0.2) is 54.6 Å². The molecule has 1 aliphatic heterocycles. The van der Waals surface area contributed by atoms with Crippen molar-refractivity contribution in [2.45, 2.75) is 0 Å². The van der Waals surface area contributed by atoms with Gasteiger partial charge in [0, 0.05) is 57.2 Å². The number of hydrogen-bond acceptors (Lipinski definition) is 4. The third-order valence-electron chi connectivity index (χ3n) is 4.47. The van der Waals surface area contributed by atoms with E-state index in [0.717, 1.165) is 43.0 Å². The summed E-state index contributed by atoms with van der Waals surface area (Å²) < 4.78 is 0. The van der Waals surface area contributed by atoms with Crippen molar-refractivity contribution in [1.82, 2.24) is 5.32 Å². The highest BCUT2D eigenvalue weighted by Gasteiger charge is 2.11. The average molecular weight is 335 g/mol. The Balaban J connectivity index is 1.71. The van der Waals surface area contributed by atoms with Crippen LogP contribution < -0.4 is 15.1 Å². The van der Waals surface area contributed by atoms with Crippen LogP contribution in [0.5, 0.6) is 0 Å². The van der Waals surface area contributed by atoms with Crippen LogP contribution in [0.4, 0.5) is 11.4 Å². The predicted octanol–water partition coefficient (Wildman–Crippen LogP) is 3.06. The zero-order valence-corrected chi connectivity index (χ0v) is 14.9. The van der Waals surface area contributed by atoms with E-state index in [1.165, 1.54) is 5.69 Å². The van der Waals surface area contributed by atoms with Crippen LogP contribution in [0.25, 0.3) is 6.08 Å². The van der Waals surface area contributed by atoms with Crippen LogP contribution in [0.1, 0.15) is 15.9 Å². The maximum atomic E-state index is 12.5. The fraction of sp³-hybridized carbons (Fsp3) is 0.286. The summed E-state index contributed by atoms with van der Waals surface area (Å²) in [4.78, 5) is 16.9. The fourth-order valence-electron chi connectivity index (χ4n) is 3.06. The second-order valence-electron chi connectivity index (χ2n) is 6.43. The lowest BCUT2D eigenvalue weighted by molar-refractivity contribution is 0.104. The normalized spacial score (nSPS) is 14.7. The molecule has 0 aromatic heterocycles. The van der Waals surface area contributed by atoms with E-state index < -0.39 is 0 Å². The van der Waals surface area contributed by atoms with Gasteiger partial charge in [0.25, 0.3) is 0 Å². The molecule has 25 heavy (non-hydrogen) atoms. The molecule has 0 spiro atoms. The number of nitrogens with zero attached hydrogens (tertiary/aromatic N) is 2. The van der Waals surface area contributed by atoms with Crippen molar-refractivity contribution >= 4 is 23.2 Å². The third kappa shape index (κ3) is 4.28. The summed E-state index contributed by atoms with van der Waals surface area (Å²) in [6.45, 7) is 4.03. The van der Waals surface area contributed by atoms with Gasteiger partial charge in [-0.3, -0.25) is 4.79 Å². The number of carbonyl (C=O) groups is 1. The SMILES string of the molecule is CN(C)c1ccccc1/C=C/C(=O)c1ccc(N2CCNCC2)cc1. The van der Waals surface area contributed by atoms with E-state index in [2.05, 4.69) is 10.2 Å². The maximum Gasteiger partial charge on any atom is 0.185 e.